The van der Waals surface area contributed by atoms with Gasteiger partial charge in [-0.25, -0.2) is 0 Å². The maximum Gasteiger partial charge on any atom is 0.259 e. The molecule has 0 spiro atoms. The Morgan fingerprint density at radius 3 is 2.92 bits per heavy atom. The van der Waals surface area contributed by atoms with Crippen molar-refractivity contribution < 1.29 is 4.92 Å². The van der Waals surface area contributed by atoms with E-state index < -0.39 is 4.92 Å². The van der Waals surface area contributed by atoms with E-state index in [-0.39, 0.29) is 13.1 Å². The summed E-state index contributed by atoms with van der Waals surface area (Å²) >= 11 is 1.70. The van der Waals surface area contributed by atoms with Gasteiger partial charge in [-0.3, -0.25) is 20.1 Å². The minimum absolute atomic E-state index is 0.238. The van der Waals surface area contributed by atoms with E-state index in [0.29, 0.717) is 12.4 Å². The fourth-order valence-electron chi connectivity index (χ4n) is 1.88. The van der Waals surface area contributed by atoms with Crippen LogP contribution in [0.5, 0.6) is 0 Å². The fraction of sp³-hybridized carbons (Fsp3) is 0.500. The highest BCUT2D eigenvalue weighted by molar-refractivity contribution is 7.98. The van der Waals surface area contributed by atoms with Crippen LogP contribution in [0.3, 0.4) is 0 Å². The number of hydrogen-bond donors (Lipinski definition) is 1. The Labute approximate surface area is 147 Å². The number of terminal acetylenes is 1. The predicted octanol–water partition coefficient (Wildman–Crippen LogP) is 1.27. The van der Waals surface area contributed by atoms with Crippen molar-refractivity contribution >= 4 is 17.6 Å². The van der Waals surface area contributed by atoms with Crippen molar-refractivity contribution in [3.8, 4) is 12.3 Å². The summed E-state index contributed by atoms with van der Waals surface area (Å²) in [5.74, 6) is 4.26. The maximum absolute atomic E-state index is 10.6. The van der Waals surface area contributed by atoms with Gasteiger partial charge in [0.25, 0.3) is 6.54 Å². The summed E-state index contributed by atoms with van der Waals surface area (Å²) in [5.41, 5.74) is 2.07. The number of pyridine rings is 1. The van der Waals surface area contributed by atoms with Crippen molar-refractivity contribution in [1.29, 1.82) is 0 Å². The van der Waals surface area contributed by atoms with Crippen LogP contribution in [-0.2, 0) is 12.3 Å². The average molecular weight is 349 g/mol. The predicted molar refractivity (Wildman–Crippen MR) is 98.8 cm³/mol. The summed E-state index contributed by atoms with van der Waals surface area (Å²) in [7, 11) is 4.02. The van der Waals surface area contributed by atoms with Crippen molar-refractivity contribution in [2.75, 3.05) is 39.5 Å². The van der Waals surface area contributed by atoms with E-state index in [4.69, 9.17) is 6.42 Å². The molecule has 0 aliphatic heterocycles. The normalized spacial score (nSPS) is 11.3. The first kappa shape index (κ1) is 19.9. The SMILES string of the molecule is C#CCNC(C[N+](=O)[O-])=NCCSCc1cccc(CN(C)C)n1. The Hall–Kier alpha value is -2.11. The first-order valence-electron chi connectivity index (χ1n) is 7.51. The standard InChI is InChI=1S/C16H23N5O2S/c1-4-8-17-16(12-21(22)23)18-9-10-24-13-15-7-5-6-14(19-15)11-20(2)3/h1,5-7H,8-13H2,2-3H3,(H,17,18). The van der Waals surface area contributed by atoms with Crippen LogP contribution < -0.4 is 5.32 Å². The topological polar surface area (TPSA) is 83.7 Å². The molecule has 0 aromatic carbocycles. The van der Waals surface area contributed by atoms with Gasteiger partial charge in [0.15, 0.2) is 5.84 Å². The molecule has 1 heterocycles. The smallest absolute Gasteiger partial charge is 0.259 e. The summed E-state index contributed by atoms with van der Waals surface area (Å²) in [5, 5.41) is 13.4. The van der Waals surface area contributed by atoms with Crippen LogP contribution in [0.25, 0.3) is 0 Å². The molecule has 0 radical (unpaired) electrons. The Balaban J connectivity index is 2.39. The number of aliphatic imine (C=N–C) groups is 1. The monoisotopic (exact) mass is 349 g/mol. The molecule has 1 N–H and O–H groups in total. The van der Waals surface area contributed by atoms with Crippen molar-refractivity contribution in [2.24, 2.45) is 4.99 Å². The van der Waals surface area contributed by atoms with E-state index >= 15 is 0 Å². The molecule has 130 valence electrons. The second kappa shape index (κ2) is 11.4. The molecule has 0 aliphatic rings. The van der Waals surface area contributed by atoms with Crippen LogP contribution in [0.2, 0.25) is 0 Å². The van der Waals surface area contributed by atoms with E-state index in [0.717, 1.165) is 29.4 Å². The quantitative estimate of drug-likeness (QED) is 0.171. The Bertz CT molecular complexity index is 598. The summed E-state index contributed by atoms with van der Waals surface area (Å²) < 4.78 is 0. The molecule has 1 aromatic rings. The second-order valence-electron chi connectivity index (χ2n) is 5.29. The highest BCUT2D eigenvalue weighted by Crippen LogP contribution is 2.11. The number of aromatic nitrogens is 1. The van der Waals surface area contributed by atoms with E-state index in [1.165, 1.54) is 0 Å². The number of amidine groups is 1. The number of nitrogens with one attached hydrogen (secondary N) is 1. The molecule has 0 saturated heterocycles. The molecule has 0 unspecified atom stereocenters. The molecule has 8 heteroatoms. The molecular weight excluding hydrogens is 326 g/mol. The van der Waals surface area contributed by atoms with Crippen LogP contribution in [0.4, 0.5) is 0 Å². The van der Waals surface area contributed by atoms with Crippen LogP contribution in [0.1, 0.15) is 11.4 Å². The van der Waals surface area contributed by atoms with Gasteiger partial charge in [-0.1, -0.05) is 12.0 Å². The molecule has 0 aliphatic carbocycles. The van der Waals surface area contributed by atoms with Gasteiger partial charge in [0.2, 0.25) is 0 Å². The molecule has 1 aromatic heterocycles. The first-order valence-corrected chi connectivity index (χ1v) is 8.66. The van der Waals surface area contributed by atoms with Gasteiger partial charge in [0.05, 0.1) is 24.5 Å². The Morgan fingerprint density at radius 2 is 2.25 bits per heavy atom. The number of hydrogen-bond acceptors (Lipinski definition) is 6. The van der Waals surface area contributed by atoms with Gasteiger partial charge >= 0.3 is 0 Å². The van der Waals surface area contributed by atoms with Gasteiger partial charge in [0.1, 0.15) is 0 Å². The lowest BCUT2D eigenvalue weighted by atomic mass is 10.3. The lowest BCUT2D eigenvalue weighted by Crippen LogP contribution is -2.31. The van der Waals surface area contributed by atoms with Crippen LogP contribution >= 0.6 is 11.8 Å². The molecule has 0 amide bonds. The fourth-order valence-corrected chi connectivity index (χ4v) is 2.62. The average Bonchev–Trinajstić information content (AvgIpc) is 2.51. The van der Waals surface area contributed by atoms with Crippen LogP contribution in [-0.4, -0.2) is 60.1 Å². The van der Waals surface area contributed by atoms with E-state index in [2.05, 4.69) is 26.1 Å². The number of rotatable bonds is 10. The third-order valence-corrected chi connectivity index (χ3v) is 3.78. The molecule has 0 atom stereocenters. The molecule has 0 fully saturated rings. The third kappa shape index (κ3) is 9.12. The largest absolute Gasteiger partial charge is 0.357 e. The van der Waals surface area contributed by atoms with Gasteiger partial charge in [-0.2, -0.15) is 11.8 Å². The highest BCUT2D eigenvalue weighted by Gasteiger charge is 2.06. The van der Waals surface area contributed by atoms with Crippen molar-refractivity contribution in [3.63, 3.8) is 0 Å². The summed E-state index contributed by atoms with van der Waals surface area (Å²) in [6, 6.07) is 6.03. The second-order valence-corrected chi connectivity index (χ2v) is 6.39. The first-order chi connectivity index (χ1) is 11.5. The third-order valence-electron chi connectivity index (χ3n) is 2.80. The summed E-state index contributed by atoms with van der Waals surface area (Å²) in [6.07, 6.45) is 5.14. The van der Waals surface area contributed by atoms with Crippen molar-refractivity contribution in [1.82, 2.24) is 15.2 Å². The highest BCUT2D eigenvalue weighted by atomic mass is 32.2. The number of nitrogens with zero attached hydrogens (tertiary/aromatic N) is 4. The lowest BCUT2D eigenvalue weighted by molar-refractivity contribution is -0.463. The molecule has 7 nitrogen and oxygen atoms in total. The summed E-state index contributed by atoms with van der Waals surface area (Å²) in [6.45, 7) is 1.22. The van der Waals surface area contributed by atoms with E-state index in [1.54, 1.807) is 11.8 Å². The number of thioether (sulfide) groups is 1. The van der Waals surface area contributed by atoms with Gasteiger partial charge < -0.3 is 10.2 Å². The molecule has 0 saturated carbocycles. The maximum atomic E-state index is 10.6. The minimum Gasteiger partial charge on any atom is -0.357 e. The van der Waals surface area contributed by atoms with Crippen molar-refractivity contribution in [2.45, 2.75) is 12.3 Å². The molecule has 0 bridgehead atoms. The number of nitro groups is 1. The Morgan fingerprint density at radius 1 is 1.50 bits per heavy atom. The van der Waals surface area contributed by atoms with Gasteiger partial charge in [-0.15, -0.1) is 6.42 Å². The summed E-state index contributed by atoms with van der Waals surface area (Å²) in [4.78, 5) is 21.0. The van der Waals surface area contributed by atoms with Gasteiger partial charge in [-0.05, 0) is 26.2 Å². The zero-order valence-electron chi connectivity index (χ0n) is 14.1. The lowest BCUT2D eigenvalue weighted by Gasteiger charge is -2.09. The van der Waals surface area contributed by atoms with E-state index in [1.807, 2.05) is 32.3 Å². The minimum atomic E-state index is -0.421. The molecular formula is C16H23N5O2S. The van der Waals surface area contributed by atoms with Crippen molar-refractivity contribution in [3.05, 3.63) is 39.7 Å². The van der Waals surface area contributed by atoms with Crippen LogP contribution in [0.15, 0.2) is 23.2 Å². The zero-order chi connectivity index (χ0) is 17.8. The Kier molecular flexibility index (Phi) is 9.49. The molecule has 1 rings (SSSR count). The zero-order valence-corrected chi connectivity index (χ0v) is 14.9. The van der Waals surface area contributed by atoms with Crippen LogP contribution in [0, 0.1) is 22.5 Å². The van der Waals surface area contributed by atoms with Gasteiger partial charge in [0, 0.05) is 23.0 Å². The van der Waals surface area contributed by atoms with E-state index in [9.17, 15) is 10.1 Å². The molecule has 24 heavy (non-hydrogen) atoms.